The van der Waals surface area contributed by atoms with Gasteiger partial charge >= 0.3 is 0 Å². The molecule has 28 heavy (non-hydrogen) atoms. The Kier molecular flexibility index (Phi) is 6.46. The zero-order valence-corrected chi connectivity index (χ0v) is 15.2. The Bertz CT molecular complexity index is 907. The second kappa shape index (κ2) is 9.40. The summed E-state index contributed by atoms with van der Waals surface area (Å²) < 4.78 is 24.3. The summed E-state index contributed by atoms with van der Waals surface area (Å²) in [5, 5.41) is 10.7. The van der Waals surface area contributed by atoms with Crippen LogP contribution in [0.4, 0.5) is 4.39 Å². The smallest absolute Gasteiger partial charge is 0.260 e. The molecule has 2 heterocycles. The van der Waals surface area contributed by atoms with Crippen LogP contribution < -0.4 is 14.8 Å². The lowest BCUT2D eigenvalue weighted by Gasteiger charge is -2.15. The fourth-order valence-corrected chi connectivity index (χ4v) is 2.31. The van der Waals surface area contributed by atoms with E-state index in [-0.39, 0.29) is 24.8 Å². The quantitative estimate of drug-likeness (QED) is 0.603. The average molecular weight is 382 g/mol. The number of ether oxygens (including phenoxy) is 2. The first-order valence-corrected chi connectivity index (χ1v) is 8.70. The van der Waals surface area contributed by atoms with E-state index in [0.717, 1.165) is 5.69 Å². The number of benzene rings is 1. The van der Waals surface area contributed by atoms with Crippen molar-refractivity contribution in [3.8, 4) is 23.0 Å². The number of nitrogens with one attached hydrogen (secondary N) is 1. The second-order valence-corrected chi connectivity index (χ2v) is 5.80. The highest BCUT2D eigenvalue weighted by Crippen LogP contribution is 2.17. The number of hydrogen-bond acceptors (Lipinski definition) is 6. The van der Waals surface area contributed by atoms with Gasteiger partial charge in [0.25, 0.3) is 5.91 Å². The Hall–Kier alpha value is -3.55. The molecule has 1 N–H and O–H groups in total. The van der Waals surface area contributed by atoms with E-state index in [2.05, 4.69) is 20.5 Å². The number of pyridine rings is 1. The number of nitrogens with zero attached hydrogens (tertiary/aromatic N) is 3. The van der Waals surface area contributed by atoms with Crippen LogP contribution in [-0.4, -0.2) is 40.3 Å². The summed E-state index contributed by atoms with van der Waals surface area (Å²) in [5.74, 6) is -0.518. The number of rotatable bonds is 8. The highest BCUT2D eigenvalue weighted by Gasteiger charge is 2.15. The van der Waals surface area contributed by atoms with Crippen molar-refractivity contribution in [2.75, 3.05) is 13.2 Å². The number of carbonyl (C=O) groups excluding carboxylic acids is 1. The summed E-state index contributed by atoms with van der Waals surface area (Å²) in [4.78, 5) is 16.2. The van der Waals surface area contributed by atoms with Gasteiger partial charge < -0.3 is 14.8 Å². The van der Waals surface area contributed by atoms with Crippen molar-refractivity contribution in [2.24, 2.45) is 0 Å². The number of carbonyl (C=O) groups is 1. The lowest BCUT2D eigenvalue weighted by Crippen LogP contribution is -2.38. The first-order valence-electron chi connectivity index (χ1n) is 8.70. The highest BCUT2D eigenvalue weighted by atomic mass is 19.1. The lowest BCUT2D eigenvalue weighted by atomic mass is 10.2. The van der Waals surface area contributed by atoms with E-state index in [4.69, 9.17) is 9.47 Å². The molecule has 0 aliphatic heterocycles. The van der Waals surface area contributed by atoms with Crippen molar-refractivity contribution in [2.45, 2.75) is 13.0 Å². The number of hydrogen-bond donors (Lipinski definition) is 1. The number of halogens is 1. The third kappa shape index (κ3) is 5.23. The Morgan fingerprint density at radius 2 is 1.89 bits per heavy atom. The zero-order chi connectivity index (χ0) is 19.8. The highest BCUT2D eigenvalue weighted by molar-refractivity contribution is 5.80. The first kappa shape index (κ1) is 19.2. The molecule has 3 rings (SSSR count). The minimum Gasteiger partial charge on any atom is -0.478 e. The van der Waals surface area contributed by atoms with E-state index < -0.39 is 11.9 Å². The molecule has 0 unspecified atom stereocenters. The molecule has 7 nitrogen and oxygen atoms in total. The normalized spacial score (nSPS) is 11.5. The summed E-state index contributed by atoms with van der Waals surface area (Å²) in [6, 6.07) is 14.9. The standard InChI is InChI=1S/C20H19FN4O3/c1-14(28-18-8-3-2-6-15(18)21)20(26)23-12-13-27-19-10-9-17(24-25-19)16-7-4-5-11-22-16/h2-11,14H,12-13H2,1H3,(H,23,26)/t14-/m0/s1. The van der Waals surface area contributed by atoms with Gasteiger partial charge in [-0.3, -0.25) is 9.78 Å². The van der Waals surface area contributed by atoms with Crippen molar-refractivity contribution < 1.29 is 18.7 Å². The molecule has 2 aromatic heterocycles. The summed E-state index contributed by atoms with van der Waals surface area (Å²) in [5.41, 5.74) is 1.36. The van der Waals surface area contributed by atoms with Crippen LogP contribution in [0.25, 0.3) is 11.4 Å². The second-order valence-electron chi connectivity index (χ2n) is 5.80. The van der Waals surface area contributed by atoms with E-state index >= 15 is 0 Å². The van der Waals surface area contributed by atoms with E-state index in [1.54, 1.807) is 37.4 Å². The van der Waals surface area contributed by atoms with E-state index in [1.165, 1.54) is 12.1 Å². The van der Waals surface area contributed by atoms with Crippen LogP contribution >= 0.6 is 0 Å². The van der Waals surface area contributed by atoms with Gasteiger partial charge in [-0.05, 0) is 37.3 Å². The van der Waals surface area contributed by atoms with Crippen molar-refractivity contribution in [1.29, 1.82) is 0 Å². The van der Waals surface area contributed by atoms with Crippen LogP contribution in [0.1, 0.15) is 6.92 Å². The molecule has 0 aliphatic rings. The van der Waals surface area contributed by atoms with Crippen LogP contribution in [-0.2, 0) is 4.79 Å². The molecule has 1 aromatic carbocycles. The van der Waals surface area contributed by atoms with Crippen molar-refractivity contribution in [3.05, 3.63) is 66.6 Å². The molecule has 0 aliphatic carbocycles. The molecule has 0 fully saturated rings. The van der Waals surface area contributed by atoms with Gasteiger partial charge in [-0.2, -0.15) is 0 Å². The van der Waals surface area contributed by atoms with Crippen LogP contribution in [0.5, 0.6) is 11.6 Å². The van der Waals surface area contributed by atoms with Gasteiger partial charge in [0, 0.05) is 12.3 Å². The zero-order valence-electron chi connectivity index (χ0n) is 15.2. The summed E-state index contributed by atoms with van der Waals surface area (Å²) in [7, 11) is 0. The van der Waals surface area contributed by atoms with Gasteiger partial charge in [0.1, 0.15) is 12.3 Å². The average Bonchev–Trinajstić information content (AvgIpc) is 2.73. The van der Waals surface area contributed by atoms with E-state index in [0.29, 0.717) is 11.6 Å². The van der Waals surface area contributed by atoms with Crippen LogP contribution in [0, 0.1) is 5.82 Å². The molecular weight excluding hydrogens is 363 g/mol. The van der Waals surface area contributed by atoms with Crippen LogP contribution in [0.2, 0.25) is 0 Å². The van der Waals surface area contributed by atoms with E-state index in [9.17, 15) is 9.18 Å². The third-order valence-corrected chi connectivity index (χ3v) is 3.73. The Morgan fingerprint density at radius 1 is 1.07 bits per heavy atom. The molecule has 3 aromatic rings. The SMILES string of the molecule is C[C@H](Oc1ccccc1F)C(=O)NCCOc1ccc(-c2ccccn2)nn1. The Morgan fingerprint density at radius 3 is 2.61 bits per heavy atom. The van der Waals surface area contributed by atoms with Gasteiger partial charge in [-0.1, -0.05) is 18.2 Å². The third-order valence-electron chi connectivity index (χ3n) is 3.73. The molecule has 0 bridgehead atoms. The maximum atomic E-state index is 13.6. The first-order chi connectivity index (χ1) is 13.6. The van der Waals surface area contributed by atoms with Gasteiger partial charge in [0.05, 0.1) is 12.2 Å². The number of amides is 1. The summed E-state index contributed by atoms with van der Waals surface area (Å²) in [6.45, 7) is 1.99. The predicted octanol–water partition coefficient (Wildman–Crippen LogP) is 2.64. The van der Waals surface area contributed by atoms with Crippen molar-refractivity contribution in [1.82, 2.24) is 20.5 Å². The Balaban J connectivity index is 1.41. The van der Waals surface area contributed by atoms with Crippen molar-refractivity contribution >= 4 is 5.91 Å². The predicted molar refractivity (Wildman–Crippen MR) is 100 cm³/mol. The Labute approximate surface area is 161 Å². The van der Waals surface area contributed by atoms with E-state index in [1.807, 2.05) is 18.2 Å². The minimum atomic E-state index is -0.839. The maximum Gasteiger partial charge on any atom is 0.260 e. The van der Waals surface area contributed by atoms with Crippen LogP contribution in [0.3, 0.4) is 0 Å². The lowest BCUT2D eigenvalue weighted by molar-refractivity contribution is -0.127. The summed E-state index contributed by atoms with van der Waals surface area (Å²) in [6.07, 6.45) is 0.843. The molecular formula is C20H19FN4O3. The molecule has 0 radical (unpaired) electrons. The molecule has 1 amide bonds. The summed E-state index contributed by atoms with van der Waals surface area (Å²) >= 11 is 0. The number of aromatic nitrogens is 3. The molecule has 1 atom stereocenters. The number of para-hydroxylation sites is 1. The topological polar surface area (TPSA) is 86.2 Å². The van der Waals surface area contributed by atoms with Gasteiger partial charge in [-0.25, -0.2) is 4.39 Å². The van der Waals surface area contributed by atoms with Crippen molar-refractivity contribution in [3.63, 3.8) is 0 Å². The van der Waals surface area contributed by atoms with Gasteiger partial charge in [0.15, 0.2) is 17.7 Å². The minimum absolute atomic E-state index is 0.0321. The maximum absolute atomic E-state index is 13.6. The molecule has 0 saturated heterocycles. The molecule has 0 spiro atoms. The van der Waals surface area contributed by atoms with Gasteiger partial charge in [-0.15, -0.1) is 10.2 Å². The largest absolute Gasteiger partial charge is 0.478 e. The monoisotopic (exact) mass is 382 g/mol. The molecule has 144 valence electrons. The molecule has 8 heteroatoms. The van der Waals surface area contributed by atoms with Crippen LogP contribution in [0.15, 0.2) is 60.8 Å². The fourth-order valence-electron chi connectivity index (χ4n) is 2.31. The fraction of sp³-hybridized carbons (Fsp3) is 0.200. The van der Waals surface area contributed by atoms with Gasteiger partial charge in [0.2, 0.25) is 5.88 Å². The molecule has 0 saturated carbocycles.